The van der Waals surface area contributed by atoms with Crippen LogP contribution in [-0.4, -0.2) is 9.97 Å². The van der Waals surface area contributed by atoms with E-state index in [1.165, 1.54) is 5.56 Å². The van der Waals surface area contributed by atoms with Crippen LogP contribution >= 0.6 is 27.5 Å². The maximum Gasteiger partial charge on any atom is 0.135 e. The van der Waals surface area contributed by atoms with E-state index in [9.17, 15) is 0 Å². The average molecular weight is 355 g/mol. The number of hydrogen-bond acceptors (Lipinski definition) is 3. The van der Waals surface area contributed by atoms with Crippen LogP contribution in [0.25, 0.3) is 0 Å². The lowest BCUT2D eigenvalue weighted by molar-refractivity contribution is 0.768. The molecule has 0 radical (unpaired) electrons. The minimum absolute atomic E-state index is 0.137. The van der Waals surface area contributed by atoms with Crippen molar-refractivity contribution in [1.29, 1.82) is 0 Å². The van der Waals surface area contributed by atoms with Gasteiger partial charge >= 0.3 is 0 Å². The van der Waals surface area contributed by atoms with Crippen molar-refractivity contribution < 1.29 is 0 Å². The number of rotatable bonds is 4. The molecule has 0 amide bonds. The molecule has 0 saturated heterocycles. The lowest BCUT2D eigenvalue weighted by Crippen LogP contribution is -2.10. The van der Waals surface area contributed by atoms with Gasteiger partial charge in [0.2, 0.25) is 0 Å². The van der Waals surface area contributed by atoms with E-state index in [1.807, 2.05) is 26.0 Å². The Labute approximate surface area is 132 Å². The molecule has 2 aromatic rings. The molecule has 20 heavy (non-hydrogen) atoms. The molecule has 0 saturated carbocycles. The second kappa shape index (κ2) is 6.55. The van der Waals surface area contributed by atoms with Crippen LogP contribution in [0.3, 0.4) is 0 Å². The summed E-state index contributed by atoms with van der Waals surface area (Å²) in [6.07, 6.45) is 0. The lowest BCUT2D eigenvalue weighted by atomic mass is 10.1. The smallest absolute Gasteiger partial charge is 0.135 e. The van der Waals surface area contributed by atoms with E-state index >= 15 is 0 Å². The zero-order chi connectivity index (χ0) is 14.7. The number of hydrogen-bond donors (Lipinski definition) is 1. The highest BCUT2D eigenvalue weighted by Crippen LogP contribution is 2.23. The summed E-state index contributed by atoms with van der Waals surface area (Å²) in [4.78, 5) is 8.74. The molecule has 0 spiro atoms. The third-order valence-electron chi connectivity index (χ3n) is 2.94. The molecule has 0 aliphatic heterocycles. The van der Waals surface area contributed by atoms with Crippen molar-refractivity contribution in [2.75, 3.05) is 5.32 Å². The predicted octanol–water partition coefficient (Wildman–Crippen LogP) is 5.19. The van der Waals surface area contributed by atoms with Crippen molar-refractivity contribution in [2.45, 2.75) is 32.7 Å². The Morgan fingerprint density at radius 2 is 1.90 bits per heavy atom. The molecule has 1 aromatic heterocycles. The van der Waals surface area contributed by atoms with E-state index in [0.717, 1.165) is 16.1 Å². The van der Waals surface area contributed by atoms with Gasteiger partial charge in [0.05, 0.1) is 0 Å². The van der Waals surface area contributed by atoms with Gasteiger partial charge in [0.15, 0.2) is 0 Å². The summed E-state index contributed by atoms with van der Waals surface area (Å²) in [6.45, 7) is 6.19. The molecule has 0 aliphatic carbocycles. The zero-order valence-electron chi connectivity index (χ0n) is 11.7. The monoisotopic (exact) mass is 353 g/mol. The SMILES string of the molecule is CC(C)c1nc(Cl)cc(NC(C)c2cccc(Br)c2)n1. The van der Waals surface area contributed by atoms with Crippen molar-refractivity contribution in [3.8, 4) is 0 Å². The van der Waals surface area contributed by atoms with Crippen LogP contribution < -0.4 is 5.32 Å². The summed E-state index contributed by atoms with van der Waals surface area (Å²) in [5.74, 6) is 1.75. The molecule has 0 aliphatic rings. The molecular formula is C15H17BrClN3. The van der Waals surface area contributed by atoms with Crippen molar-refractivity contribution in [3.05, 3.63) is 51.3 Å². The lowest BCUT2D eigenvalue weighted by Gasteiger charge is -2.16. The van der Waals surface area contributed by atoms with Gasteiger partial charge < -0.3 is 5.32 Å². The van der Waals surface area contributed by atoms with Gasteiger partial charge in [-0.25, -0.2) is 9.97 Å². The number of benzene rings is 1. The van der Waals surface area contributed by atoms with Crippen LogP contribution in [0.2, 0.25) is 5.15 Å². The molecule has 3 nitrogen and oxygen atoms in total. The van der Waals surface area contributed by atoms with Gasteiger partial charge in [-0.15, -0.1) is 0 Å². The van der Waals surface area contributed by atoms with Gasteiger partial charge in [-0.2, -0.15) is 0 Å². The Hall–Kier alpha value is -1.13. The molecule has 1 N–H and O–H groups in total. The quantitative estimate of drug-likeness (QED) is 0.768. The van der Waals surface area contributed by atoms with Crippen molar-refractivity contribution >= 4 is 33.3 Å². The van der Waals surface area contributed by atoms with Gasteiger partial charge in [0.1, 0.15) is 16.8 Å². The highest BCUT2D eigenvalue weighted by molar-refractivity contribution is 9.10. The first-order chi connectivity index (χ1) is 9.45. The Morgan fingerprint density at radius 3 is 2.55 bits per heavy atom. The molecule has 0 fully saturated rings. The number of nitrogens with zero attached hydrogens (tertiary/aromatic N) is 2. The van der Waals surface area contributed by atoms with E-state index < -0.39 is 0 Å². The molecular weight excluding hydrogens is 338 g/mol. The van der Waals surface area contributed by atoms with E-state index in [0.29, 0.717) is 5.15 Å². The third-order valence-corrected chi connectivity index (χ3v) is 3.63. The topological polar surface area (TPSA) is 37.8 Å². The summed E-state index contributed by atoms with van der Waals surface area (Å²) in [5, 5.41) is 3.83. The third kappa shape index (κ3) is 3.93. The minimum atomic E-state index is 0.137. The molecule has 106 valence electrons. The van der Waals surface area contributed by atoms with E-state index in [2.05, 4.69) is 50.3 Å². The van der Waals surface area contributed by atoms with Crippen molar-refractivity contribution in [1.82, 2.24) is 9.97 Å². The van der Waals surface area contributed by atoms with E-state index in [1.54, 1.807) is 6.07 Å². The molecule has 1 aromatic carbocycles. The molecule has 0 bridgehead atoms. The summed E-state index contributed by atoms with van der Waals surface area (Å²) in [6, 6.07) is 10.1. The highest BCUT2D eigenvalue weighted by Gasteiger charge is 2.10. The van der Waals surface area contributed by atoms with Gasteiger partial charge in [-0.1, -0.05) is 53.5 Å². The zero-order valence-corrected chi connectivity index (χ0v) is 14.0. The normalized spacial score (nSPS) is 12.5. The molecule has 5 heteroatoms. The summed E-state index contributed by atoms with van der Waals surface area (Å²) in [5.41, 5.74) is 1.18. The van der Waals surface area contributed by atoms with Gasteiger partial charge in [-0.3, -0.25) is 0 Å². The largest absolute Gasteiger partial charge is 0.363 e. The van der Waals surface area contributed by atoms with Gasteiger partial charge in [0, 0.05) is 22.5 Å². The Kier molecular flexibility index (Phi) is 5.00. The van der Waals surface area contributed by atoms with Crippen molar-refractivity contribution in [3.63, 3.8) is 0 Å². The predicted molar refractivity (Wildman–Crippen MR) is 87.3 cm³/mol. The number of aromatic nitrogens is 2. The van der Waals surface area contributed by atoms with Crippen LogP contribution in [-0.2, 0) is 0 Å². The maximum absolute atomic E-state index is 6.05. The minimum Gasteiger partial charge on any atom is -0.363 e. The molecule has 1 heterocycles. The van der Waals surface area contributed by atoms with Crippen LogP contribution in [0.15, 0.2) is 34.8 Å². The molecule has 1 unspecified atom stereocenters. The highest BCUT2D eigenvalue weighted by atomic mass is 79.9. The van der Waals surface area contributed by atoms with Crippen LogP contribution in [0.5, 0.6) is 0 Å². The average Bonchev–Trinajstić information content (AvgIpc) is 2.37. The fraction of sp³-hybridized carbons (Fsp3) is 0.333. The van der Waals surface area contributed by atoms with Crippen LogP contribution in [0.4, 0.5) is 5.82 Å². The second-order valence-corrected chi connectivity index (χ2v) is 6.31. The van der Waals surface area contributed by atoms with E-state index in [-0.39, 0.29) is 12.0 Å². The Morgan fingerprint density at radius 1 is 1.15 bits per heavy atom. The first kappa shape index (κ1) is 15.3. The number of nitrogens with one attached hydrogen (secondary N) is 1. The van der Waals surface area contributed by atoms with Crippen molar-refractivity contribution in [2.24, 2.45) is 0 Å². The second-order valence-electron chi connectivity index (χ2n) is 5.01. The van der Waals surface area contributed by atoms with Crippen LogP contribution in [0.1, 0.15) is 44.1 Å². The van der Waals surface area contributed by atoms with Gasteiger partial charge in [-0.05, 0) is 24.6 Å². The van der Waals surface area contributed by atoms with Crippen LogP contribution in [0, 0.1) is 0 Å². The summed E-state index contributed by atoms with van der Waals surface area (Å²) in [7, 11) is 0. The maximum atomic E-state index is 6.05. The first-order valence-corrected chi connectivity index (χ1v) is 7.69. The standard InChI is InChI=1S/C15H17BrClN3/c1-9(2)15-19-13(17)8-14(20-15)18-10(3)11-5-4-6-12(16)7-11/h4-10H,1-3H3,(H,18,19,20). The fourth-order valence-electron chi connectivity index (χ4n) is 1.85. The van der Waals surface area contributed by atoms with E-state index in [4.69, 9.17) is 11.6 Å². The first-order valence-electron chi connectivity index (χ1n) is 6.52. The molecule has 1 atom stereocenters. The molecule has 2 rings (SSSR count). The fourth-order valence-corrected chi connectivity index (χ4v) is 2.46. The number of anilines is 1. The Balaban J connectivity index is 2.21. The van der Waals surface area contributed by atoms with Gasteiger partial charge in [0.25, 0.3) is 0 Å². The summed E-state index contributed by atoms with van der Waals surface area (Å²) < 4.78 is 1.06. The number of halogens is 2. The summed E-state index contributed by atoms with van der Waals surface area (Å²) >= 11 is 9.53. The Bertz CT molecular complexity index is 601.